The monoisotopic (exact) mass is 404 g/mol. The molecule has 1 saturated heterocycles. The molecule has 2 atom stereocenters. The second-order valence-corrected chi connectivity index (χ2v) is 7.93. The minimum atomic E-state index is -1.11. The van der Waals surface area contributed by atoms with E-state index in [0.29, 0.717) is 12.8 Å². The van der Waals surface area contributed by atoms with E-state index in [1.807, 2.05) is 6.07 Å². The van der Waals surface area contributed by atoms with E-state index in [0.717, 1.165) is 5.56 Å². The molecule has 0 bridgehead atoms. The van der Waals surface area contributed by atoms with Gasteiger partial charge in [-0.1, -0.05) is 30.3 Å². The van der Waals surface area contributed by atoms with Crippen LogP contribution in [-0.4, -0.2) is 60.0 Å². The molecule has 2 rings (SSSR count). The fourth-order valence-electron chi connectivity index (χ4n) is 3.19. The number of ether oxygens (including phenoxy) is 2. The van der Waals surface area contributed by atoms with Crippen LogP contribution in [0.15, 0.2) is 30.3 Å². The number of carbonyl (C=O) groups excluding carboxylic acids is 4. The lowest BCUT2D eigenvalue weighted by Crippen LogP contribution is -2.52. The molecule has 0 aromatic heterocycles. The summed E-state index contributed by atoms with van der Waals surface area (Å²) in [6, 6.07) is 7.15. The summed E-state index contributed by atoms with van der Waals surface area (Å²) in [5.41, 5.74) is 0.0278. The lowest BCUT2D eigenvalue weighted by atomic mass is 10.0. The van der Waals surface area contributed by atoms with Gasteiger partial charge in [0.1, 0.15) is 17.7 Å². The maximum absolute atomic E-state index is 13.0. The Labute approximate surface area is 170 Å². The molecule has 8 heteroatoms. The Hall–Kier alpha value is -2.90. The molecule has 1 fully saturated rings. The zero-order chi connectivity index (χ0) is 21.6. The quantitative estimate of drug-likeness (QED) is 0.574. The van der Waals surface area contributed by atoms with Crippen LogP contribution in [0.25, 0.3) is 0 Å². The van der Waals surface area contributed by atoms with E-state index < -0.39 is 41.4 Å². The van der Waals surface area contributed by atoms with E-state index in [9.17, 15) is 19.2 Å². The van der Waals surface area contributed by atoms with Crippen molar-refractivity contribution in [2.45, 2.75) is 57.7 Å². The number of nitrogens with one attached hydrogen (secondary N) is 1. The number of likely N-dealkylation sites (tertiary alicyclic amines) is 1. The molecular weight excluding hydrogens is 376 g/mol. The minimum Gasteiger partial charge on any atom is -0.467 e. The second kappa shape index (κ2) is 9.54. The van der Waals surface area contributed by atoms with E-state index in [-0.39, 0.29) is 13.0 Å². The predicted octanol–water partition coefficient (Wildman–Crippen LogP) is 1.86. The molecular formula is C21H28N2O6. The van der Waals surface area contributed by atoms with Gasteiger partial charge in [0.2, 0.25) is 5.78 Å². The number of esters is 1. The molecule has 29 heavy (non-hydrogen) atoms. The van der Waals surface area contributed by atoms with Gasteiger partial charge in [-0.3, -0.25) is 9.59 Å². The van der Waals surface area contributed by atoms with E-state index in [1.54, 1.807) is 45.0 Å². The third-order valence-electron chi connectivity index (χ3n) is 4.49. The first-order valence-electron chi connectivity index (χ1n) is 9.58. The number of amides is 2. The number of nitrogens with zero attached hydrogens (tertiary/aromatic N) is 1. The fraction of sp³-hybridized carbons (Fsp3) is 0.524. The van der Waals surface area contributed by atoms with Crippen LogP contribution >= 0.6 is 0 Å². The van der Waals surface area contributed by atoms with Gasteiger partial charge in [-0.25, -0.2) is 9.59 Å². The highest BCUT2D eigenvalue weighted by molar-refractivity contribution is 6.38. The molecule has 1 aliphatic heterocycles. The molecule has 0 spiro atoms. The van der Waals surface area contributed by atoms with Crippen molar-refractivity contribution >= 4 is 23.8 Å². The van der Waals surface area contributed by atoms with Crippen molar-refractivity contribution in [3.63, 3.8) is 0 Å². The smallest absolute Gasteiger partial charge is 0.408 e. The molecule has 0 saturated carbocycles. The van der Waals surface area contributed by atoms with Crippen LogP contribution in [0.1, 0.15) is 39.2 Å². The molecule has 0 radical (unpaired) electrons. The number of Topliss-reactive ketones (excluding diaryl/α,β-unsaturated/α-hetero) is 1. The van der Waals surface area contributed by atoms with Crippen LogP contribution in [0.3, 0.4) is 0 Å². The second-order valence-electron chi connectivity index (χ2n) is 7.93. The van der Waals surface area contributed by atoms with E-state index in [2.05, 4.69) is 5.32 Å². The summed E-state index contributed by atoms with van der Waals surface area (Å²) in [5.74, 6) is -2.16. The van der Waals surface area contributed by atoms with Crippen LogP contribution < -0.4 is 5.32 Å². The summed E-state index contributed by atoms with van der Waals surface area (Å²) in [4.78, 5) is 51.2. The van der Waals surface area contributed by atoms with Crippen molar-refractivity contribution in [3.05, 3.63) is 35.9 Å². The van der Waals surface area contributed by atoms with E-state index in [1.165, 1.54) is 12.0 Å². The Morgan fingerprint density at radius 1 is 1.17 bits per heavy atom. The fourth-order valence-corrected chi connectivity index (χ4v) is 3.19. The van der Waals surface area contributed by atoms with E-state index in [4.69, 9.17) is 9.47 Å². The molecule has 1 aromatic carbocycles. The molecule has 158 valence electrons. The molecule has 0 aliphatic carbocycles. The lowest BCUT2D eigenvalue weighted by molar-refractivity contribution is -0.154. The van der Waals surface area contributed by atoms with Crippen LogP contribution in [0, 0.1) is 0 Å². The van der Waals surface area contributed by atoms with Gasteiger partial charge in [-0.2, -0.15) is 0 Å². The van der Waals surface area contributed by atoms with Gasteiger partial charge in [0.05, 0.1) is 7.11 Å². The molecule has 1 N–H and O–H groups in total. The lowest BCUT2D eigenvalue weighted by Gasteiger charge is -2.26. The van der Waals surface area contributed by atoms with Gasteiger partial charge in [0.25, 0.3) is 5.91 Å². The van der Waals surface area contributed by atoms with Gasteiger partial charge < -0.3 is 19.7 Å². The maximum atomic E-state index is 13.0. The molecule has 2 amide bonds. The molecule has 1 aliphatic rings. The zero-order valence-electron chi connectivity index (χ0n) is 17.3. The van der Waals surface area contributed by atoms with Crippen LogP contribution in [0.4, 0.5) is 4.79 Å². The SMILES string of the molecule is COC(=O)[C@@H]1CCCN1C(=O)C(=O)C(Cc1ccccc1)NC(=O)OC(C)(C)C. The highest BCUT2D eigenvalue weighted by Crippen LogP contribution is 2.20. The Bertz CT molecular complexity index is 756. The number of hydrogen-bond acceptors (Lipinski definition) is 6. The third kappa shape index (κ3) is 6.30. The zero-order valence-corrected chi connectivity index (χ0v) is 17.3. The van der Waals surface area contributed by atoms with Gasteiger partial charge in [0, 0.05) is 13.0 Å². The average molecular weight is 404 g/mol. The first kappa shape index (κ1) is 22.4. The molecule has 1 aromatic rings. The number of ketones is 1. The summed E-state index contributed by atoms with van der Waals surface area (Å²) in [6.45, 7) is 5.40. The molecule has 1 unspecified atom stereocenters. The van der Waals surface area contributed by atoms with Gasteiger partial charge in [0.15, 0.2) is 0 Å². The summed E-state index contributed by atoms with van der Waals surface area (Å²) >= 11 is 0. The number of carbonyl (C=O) groups is 4. The largest absolute Gasteiger partial charge is 0.467 e. The number of methoxy groups -OCH3 is 1. The first-order chi connectivity index (χ1) is 13.6. The summed E-state index contributed by atoms with van der Waals surface area (Å²) in [5, 5.41) is 2.51. The van der Waals surface area contributed by atoms with Gasteiger partial charge in [-0.15, -0.1) is 0 Å². The van der Waals surface area contributed by atoms with Crippen molar-refractivity contribution in [1.82, 2.24) is 10.2 Å². The molecule has 1 heterocycles. The minimum absolute atomic E-state index is 0.126. The predicted molar refractivity (Wildman–Crippen MR) is 105 cm³/mol. The highest BCUT2D eigenvalue weighted by atomic mass is 16.6. The Morgan fingerprint density at radius 3 is 2.41 bits per heavy atom. The Kier molecular flexibility index (Phi) is 7.36. The highest BCUT2D eigenvalue weighted by Gasteiger charge is 2.40. The number of benzene rings is 1. The number of hydrogen-bond donors (Lipinski definition) is 1. The maximum Gasteiger partial charge on any atom is 0.408 e. The average Bonchev–Trinajstić information content (AvgIpc) is 3.14. The van der Waals surface area contributed by atoms with Crippen LogP contribution in [0.5, 0.6) is 0 Å². The van der Waals surface area contributed by atoms with E-state index >= 15 is 0 Å². The van der Waals surface area contributed by atoms with Crippen LogP contribution in [0.2, 0.25) is 0 Å². The standard InChI is InChI=1S/C21H28N2O6/c1-21(2,3)29-20(27)22-15(13-14-9-6-5-7-10-14)17(24)18(25)23-12-8-11-16(23)19(26)28-4/h5-7,9-10,15-16H,8,11-13H2,1-4H3,(H,22,27)/t15?,16-/m0/s1. The first-order valence-corrected chi connectivity index (χ1v) is 9.58. The van der Waals surface area contributed by atoms with Crippen molar-refractivity contribution < 1.29 is 28.7 Å². The summed E-state index contributed by atoms with van der Waals surface area (Å²) < 4.78 is 9.97. The van der Waals surface area contributed by atoms with Crippen molar-refractivity contribution in [1.29, 1.82) is 0 Å². The Balaban J connectivity index is 2.19. The number of alkyl carbamates (subject to hydrolysis) is 1. The Morgan fingerprint density at radius 2 is 1.83 bits per heavy atom. The topological polar surface area (TPSA) is 102 Å². The summed E-state index contributed by atoms with van der Waals surface area (Å²) in [7, 11) is 1.24. The number of rotatable bonds is 6. The third-order valence-corrected chi connectivity index (χ3v) is 4.49. The van der Waals surface area contributed by atoms with Crippen molar-refractivity contribution in [2.75, 3.05) is 13.7 Å². The van der Waals surface area contributed by atoms with Crippen molar-refractivity contribution in [2.24, 2.45) is 0 Å². The molecule has 8 nitrogen and oxygen atoms in total. The normalized spacial score (nSPS) is 17.4. The summed E-state index contributed by atoms with van der Waals surface area (Å²) in [6.07, 6.45) is 0.378. The van der Waals surface area contributed by atoms with Crippen molar-refractivity contribution in [3.8, 4) is 0 Å². The van der Waals surface area contributed by atoms with Crippen LogP contribution in [-0.2, 0) is 30.3 Å². The van der Waals surface area contributed by atoms with Gasteiger partial charge >= 0.3 is 12.1 Å². The van der Waals surface area contributed by atoms with Gasteiger partial charge in [-0.05, 0) is 39.2 Å².